The summed E-state index contributed by atoms with van der Waals surface area (Å²) in [4.78, 5) is 16.9. The first-order valence-corrected chi connectivity index (χ1v) is 10.8. The Bertz CT molecular complexity index is 803. The summed E-state index contributed by atoms with van der Waals surface area (Å²) in [5, 5.41) is 0. The van der Waals surface area contributed by atoms with E-state index >= 15 is 0 Å². The van der Waals surface area contributed by atoms with Crippen molar-refractivity contribution < 1.29 is 4.79 Å². The maximum atomic E-state index is 13.0. The van der Waals surface area contributed by atoms with Crippen LogP contribution >= 0.6 is 46.6 Å². The molecule has 0 heterocycles. The van der Waals surface area contributed by atoms with Gasteiger partial charge in [-0.2, -0.15) is 0 Å². The molecule has 0 bridgehead atoms. The Hall–Kier alpha value is -1.13. The molecule has 1 aliphatic rings. The van der Waals surface area contributed by atoms with Gasteiger partial charge in [-0.25, -0.2) is 0 Å². The third kappa shape index (κ3) is 5.68. The molecule has 0 fully saturated rings. The highest BCUT2D eigenvalue weighted by molar-refractivity contribution is 8.03. The molecule has 2 nitrogen and oxygen atoms in total. The molecular weight excluding hydrogens is 421 g/mol. The second-order valence-corrected chi connectivity index (χ2v) is 9.82. The first-order valence-electron chi connectivity index (χ1n) is 8.82. The number of rotatable bonds is 5. The molecule has 0 saturated heterocycles. The fourth-order valence-electron chi connectivity index (χ4n) is 3.10. The summed E-state index contributed by atoms with van der Waals surface area (Å²) >= 11 is 19.6. The second-order valence-electron chi connectivity index (χ2n) is 6.37. The number of thioether (sulfide) groups is 1. The average molecular weight is 441 g/mol. The molecule has 0 saturated carbocycles. The van der Waals surface area contributed by atoms with Gasteiger partial charge >= 0.3 is 0 Å². The molecule has 0 spiro atoms. The van der Waals surface area contributed by atoms with E-state index in [-0.39, 0.29) is 0 Å². The van der Waals surface area contributed by atoms with Crippen molar-refractivity contribution in [2.75, 3.05) is 0 Å². The highest BCUT2D eigenvalue weighted by Crippen LogP contribution is 2.41. The van der Waals surface area contributed by atoms with Gasteiger partial charge in [0.15, 0.2) is 0 Å². The van der Waals surface area contributed by atoms with Crippen LogP contribution in [0.15, 0.2) is 76.2 Å². The van der Waals surface area contributed by atoms with Gasteiger partial charge in [0, 0.05) is 15.5 Å². The standard InChI is InChI=1S/C21H20Cl3NOS/c22-21(23,24)20(26)25(15-16-9-3-1-4-10-16)18-13-7-8-14-19(18)27-17-11-5-2-6-12-17/h1-6,9-12H,7-8,13-15H2. The number of nitrogens with zero attached hydrogens (tertiary/aromatic N) is 1. The molecule has 0 unspecified atom stereocenters. The lowest BCUT2D eigenvalue weighted by atomic mass is 10.0. The van der Waals surface area contributed by atoms with Gasteiger partial charge in [-0.1, -0.05) is 95.1 Å². The van der Waals surface area contributed by atoms with E-state index in [4.69, 9.17) is 34.8 Å². The van der Waals surface area contributed by atoms with Gasteiger partial charge in [-0.05, 0) is 43.4 Å². The summed E-state index contributed by atoms with van der Waals surface area (Å²) in [5.41, 5.74) is 1.97. The van der Waals surface area contributed by atoms with Crippen molar-refractivity contribution in [1.82, 2.24) is 4.90 Å². The minimum atomic E-state index is -1.98. The molecule has 1 amide bonds. The summed E-state index contributed by atoms with van der Waals surface area (Å²) in [6, 6.07) is 20.0. The maximum absolute atomic E-state index is 13.0. The van der Waals surface area contributed by atoms with Crippen molar-refractivity contribution in [2.45, 2.75) is 40.9 Å². The van der Waals surface area contributed by atoms with Gasteiger partial charge in [0.05, 0.1) is 6.54 Å². The molecule has 0 radical (unpaired) electrons. The summed E-state index contributed by atoms with van der Waals surface area (Å²) < 4.78 is -1.98. The molecule has 6 heteroatoms. The van der Waals surface area contributed by atoms with Crippen molar-refractivity contribution in [3.05, 3.63) is 76.8 Å². The lowest BCUT2D eigenvalue weighted by Crippen LogP contribution is -2.39. The summed E-state index contributed by atoms with van der Waals surface area (Å²) in [6.07, 6.45) is 3.84. The Kier molecular flexibility index (Phi) is 7.16. The third-order valence-corrected chi connectivity index (χ3v) is 6.05. The van der Waals surface area contributed by atoms with Crippen LogP contribution in [-0.4, -0.2) is 14.6 Å². The molecular formula is C21H20Cl3NOS. The Morgan fingerprint density at radius 3 is 2.15 bits per heavy atom. The lowest BCUT2D eigenvalue weighted by molar-refractivity contribution is -0.129. The van der Waals surface area contributed by atoms with Gasteiger partial charge in [-0.3, -0.25) is 4.79 Å². The van der Waals surface area contributed by atoms with E-state index in [1.54, 1.807) is 16.7 Å². The van der Waals surface area contributed by atoms with Crippen LogP contribution in [0.2, 0.25) is 0 Å². The van der Waals surface area contributed by atoms with Crippen LogP contribution in [0.3, 0.4) is 0 Å². The van der Waals surface area contributed by atoms with Crippen molar-refractivity contribution in [3.63, 3.8) is 0 Å². The van der Waals surface area contributed by atoms with Crippen LogP contribution in [0.4, 0.5) is 0 Å². The number of allylic oxidation sites excluding steroid dienone is 2. The molecule has 3 rings (SSSR count). The Balaban J connectivity index is 1.97. The van der Waals surface area contributed by atoms with Gasteiger partial charge in [0.25, 0.3) is 9.70 Å². The zero-order chi connectivity index (χ0) is 19.3. The first-order chi connectivity index (χ1) is 12.9. The van der Waals surface area contributed by atoms with Crippen molar-refractivity contribution >= 4 is 52.5 Å². The second kappa shape index (κ2) is 9.38. The predicted molar refractivity (Wildman–Crippen MR) is 115 cm³/mol. The highest BCUT2D eigenvalue weighted by Gasteiger charge is 2.38. The van der Waals surface area contributed by atoms with Crippen molar-refractivity contribution in [2.24, 2.45) is 0 Å². The first kappa shape index (κ1) is 20.6. The molecule has 142 valence electrons. The van der Waals surface area contributed by atoms with E-state index in [1.165, 1.54) is 4.91 Å². The fraction of sp³-hybridized carbons (Fsp3) is 0.286. The number of hydrogen-bond acceptors (Lipinski definition) is 2. The Morgan fingerprint density at radius 1 is 0.926 bits per heavy atom. The minimum absolute atomic E-state index is 0.391. The van der Waals surface area contributed by atoms with E-state index in [0.717, 1.165) is 41.8 Å². The average Bonchev–Trinajstić information content (AvgIpc) is 2.67. The number of benzene rings is 2. The molecule has 27 heavy (non-hydrogen) atoms. The van der Waals surface area contributed by atoms with Crippen LogP contribution in [-0.2, 0) is 11.3 Å². The molecule has 0 atom stereocenters. The number of amides is 1. The van der Waals surface area contributed by atoms with E-state index in [2.05, 4.69) is 12.1 Å². The van der Waals surface area contributed by atoms with Gasteiger partial charge in [-0.15, -0.1) is 0 Å². The van der Waals surface area contributed by atoms with Gasteiger partial charge in [0.2, 0.25) is 0 Å². The Labute approximate surface area is 179 Å². The molecule has 2 aromatic carbocycles. The zero-order valence-corrected chi connectivity index (χ0v) is 17.8. The number of hydrogen-bond donors (Lipinski definition) is 0. The normalized spacial score (nSPS) is 14.9. The van der Waals surface area contributed by atoms with Crippen molar-refractivity contribution in [3.8, 4) is 0 Å². The van der Waals surface area contributed by atoms with Crippen LogP contribution in [0.5, 0.6) is 0 Å². The van der Waals surface area contributed by atoms with Crippen LogP contribution in [0.1, 0.15) is 31.2 Å². The van der Waals surface area contributed by atoms with E-state index in [0.29, 0.717) is 6.54 Å². The predicted octanol–water partition coefficient (Wildman–Crippen LogP) is 6.96. The third-order valence-electron chi connectivity index (χ3n) is 4.37. The monoisotopic (exact) mass is 439 g/mol. The highest BCUT2D eigenvalue weighted by atomic mass is 35.6. The van der Waals surface area contributed by atoms with Crippen LogP contribution < -0.4 is 0 Å². The Morgan fingerprint density at radius 2 is 1.52 bits per heavy atom. The van der Waals surface area contributed by atoms with E-state index < -0.39 is 9.70 Å². The minimum Gasteiger partial charge on any atom is -0.307 e. The molecule has 1 aliphatic carbocycles. The molecule has 0 aliphatic heterocycles. The lowest BCUT2D eigenvalue weighted by Gasteiger charge is -2.32. The van der Waals surface area contributed by atoms with Gasteiger partial charge < -0.3 is 4.90 Å². The number of carbonyl (C=O) groups is 1. The SMILES string of the molecule is O=C(N(Cc1ccccc1)C1=C(Sc2ccccc2)CCCC1)C(Cl)(Cl)Cl. The fourth-order valence-corrected chi connectivity index (χ4v) is 4.56. The topological polar surface area (TPSA) is 20.3 Å². The maximum Gasteiger partial charge on any atom is 0.279 e. The summed E-state index contributed by atoms with van der Waals surface area (Å²) in [5.74, 6) is -0.501. The quantitative estimate of drug-likeness (QED) is 0.468. The van der Waals surface area contributed by atoms with Gasteiger partial charge in [0.1, 0.15) is 0 Å². The molecule has 2 aromatic rings. The zero-order valence-electron chi connectivity index (χ0n) is 14.7. The largest absolute Gasteiger partial charge is 0.307 e. The number of carbonyl (C=O) groups excluding carboxylic acids is 1. The molecule has 0 N–H and O–H groups in total. The van der Waals surface area contributed by atoms with Crippen LogP contribution in [0, 0.1) is 0 Å². The number of alkyl halides is 3. The van der Waals surface area contributed by atoms with Crippen LogP contribution in [0.25, 0.3) is 0 Å². The van der Waals surface area contributed by atoms with E-state index in [9.17, 15) is 4.79 Å². The summed E-state index contributed by atoms with van der Waals surface area (Å²) in [6.45, 7) is 0.391. The summed E-state index contributed by atoms with van der Waals surface area (Å²) in [7, 11) is 0. The van der Waals surface area contributed by atoms with Crippen molar-refractivity contribution in [1.29, 1.82) is 0 Å². The number of halogens is 3. The van der Waals surface area contributed by atoms with E-state index in [1.807, 2.05) is 48.5 Å². The molecule has 0 aromatic heterocycles. The smallest absolute Gasteiger partial charge is 0.279 e.